The molecular weight excluding hydrogens is 252 g/mol. The second kappa shape index (κ2) is 9.83. The van der Waals surface area contributed by atoms with Crippen molar-refractivity contribution < 1.29 is 4.79 Å². The van der Waals surface area contributed by atoms with Gasteiger partial charge in [-0.2, -0.15) is 0 Å². The lowest BCUT2D eigenvalue weighted by atomic mass is 10.2. The monoisotopic (exact) mass is 276 g/mol. The standard InChI is InChI=1S/C15H24N4O/c1-2-3-10-18-15(16)19-12-7-11-17-14(20)13-8-5-4-6-9-13/h4-6,8-9H,2-3,7,10-12H2,1H3,(H,17,20)(H3,16,18,19). The lowest BCUT2D eigenvalue weighted by Gasteiger charge is -2.05. The summed E-state index contributed by atoms with van der Waals surface area (Å²) in [6.07, 6.45) is 2.99. The maximum atomic E-state index is 11.7. The molecule has 0 radical (unpaired) electrons. The zero-order valence-corrected chi connectivity index (χ0v) is 12.1. The fourth-order valence-corrected chi connectivity index (χ4v) is 1.62. The van der Waals surface area contributed by atoms with Crippen LogP contribution in [0.15, 0.2) is 35.3 Å². The smallest absolute Gasteiger partial charge is 0.251 e. The first-order valence-corrected chi connectivity index (χ1v) is 7.11. The van der Waals surface area contributed by atoms with Crippen LogP contribution >= 0.6 is 0 Å². The molecule has 20 heavy (non-hydrogen) atoms. The number of nitrogens with zero attached hydrogens (tertiary/aromatic N) is 1. The predicted octanol–water partition coefficient (Wildman–Crippen LogP) is 1.51. The number of aliphatic imine (C=N–C) groups is 1. The molecule has 0 bridgehead atoms. The number of hydrogen-bond acceptors (Lipinski definition) is 2. The molecule has 0 aliphatic rings. The number of nitrogens with one attached hydrogen (secondary N) is 2. The highest BCUT2D eigenvalue weighted by Gasteiger charge is 2.02. The van der Waals surface area contributed by atoms with E-state index in [1.54, 1.807) is 12.1 Å². The van der Waals surface area contributed by atoms with Gasteiger partial charge >= 0.3 is 0 Å². The molecule has 110 valence electrons. The van der Waals surface area contributed by atoms with Gasteiger partial charge in [0.05, 0.1) is 0 Å². The number of amides is 1. The van der Waals surface area contributed by atoms with Gasteiger partial charge in [-0.25, -0.2) is 0 Å². The van der Waals surface area contributed by atoms with E-state index in [4.69, 9.17) is 5.73 Å². The normalized spacial score (nSPS) is 11.2. The van der Waals surface area contributed by atoms with E-state index in [1.807, 2.05) is 18.2 Å². The van der Waals surface area contributed by atoms with E-state index < -0.39 is 0 Å². The van der Waals surface area contributed by atoms with Gasteiger partial charge in [0, 0.05) is 25.2 Å². The lowest BCUT2D eigenvalue weighted by Crippen LogP contribution is -2.32. The van der Waals surface area contributed by atoms with Crippen LogP contribution in [0, 0.1) is 0 Å². The maximum absolute atomic E-state index is 11.7. The van der Waals surface area contributed by atoms with Crippen LogP contribution in [-0.4, -0.2) is 31.5 Å². The summed E-state index contributed by atoms with van der Waals surface area (Å²) in [5.41, 5.74) is 6.38. The average Bonchev–Trinajstić information content (AvgIpc) is 2.48. The Labute approximate surface area is 120 Å². The topological polar surface area (TPSA) is 79.5 Å². The van der Waals surface area contributed by atoms with Crippen molar-refractivity contribution in [1.82, 2.24) is 10.6 Å². The van der Waals surface area contributed by atoms with Crippen LogP contribution in [0.4, 0.5) is 0 Å². The van der Waals surface area contributed by atoms with Crippen LogP contribution in [-0.2, 0) is 0 Å². The second-order valence-electron chi connectivity index (χ2n) is 4.52. The number of carbonyl (C=O) groups excluding carboxylic acids is 1. The zero-order chi connectivity index (χ0) is 14.6. The van der Waals surface area contributed by atoms with Crippen molar-refractivity contribution in [3.63, 3.8) is 0 Å². The molecule has 1 aromatic rings. The van der Waals surface area contributed by atoms with Crippen molar-refractivity contribution >= 4 is 11.9 Å². The molecule has 0 spiro atoms. The van der Waals surface area contributed by atoms with Gasteiger partial charge in [-0.1, -0.05) is 31.5 Å². The molecule has 0 aliphatic carbocycles. The Morgan fingerprint density at radius 1 is 1.15 bits per heavy atom. The Kier molecular flexibility index (Phi) is 7.87. The third-order valence-electron chi connectivity index (χ3n) is 2.78. The van der Waals surface area contributed by atoms with Crippen LogP contribution in [0.25, 0.3) is 0 Å². The molecule has 0 aliphatic heterocycles. The van der Waals surface area contributed by atoms with Crippen molar-refractivity contribution in [2.24, 2.45) is 10.7 Å². The number of benzene rings is 1. The van der Waals surface area contributed by atoms with E-state index in [9.17, 15) is 4.79 Å². The van der Waals surface area contributed by atoms with Crippen LogP contribution in [0.2, 0.25) is 0 Å². The molecule has 0 saturated heterocycles. The van der Waals surface area contributed by atoms with Crippen molar-refractivity contribution in [2.75, 3.05) is 19.6 Å². The fourth-order valence-electron chi connectivity index (χ4n) is 1.62. The SMILES string of the molecule is CCCCNC(N)=NCCCNC(=O)c1ccccc1. The maximum Gasteiger partial charge on any atom is 0.251 e. The third-order valence-corrected chi connectivity index (χ3v) is 2.78. The van der Waals surface area contributed by atoms with Crippen molar-refractivity contribution in [3.8, 4) is 0 Å². The van der Waals surface area contributed by atoms with Crippen molar-refractivity contribution in [3.05, 3.63) is 35.9 Å². The van der Waals surface area contributed by atoms with Crippen LogP contribution in [0.1, 0.15) is 36.5 Å². The van der Waals surface area contributed by atoms with Gasteiger partial charge in [0.2, 0.25) is 0 Å². The van der Waals surface area contributed by atoms with Crippen LogP contribution in [0.5, 0.6) is 0 Å². The quantitative estimate of drug-likeness (QED) is 0.382. The number of carbonyl (C=O) groups is 1. The van der Waals surface area contributed by atoms with Crippen molar-refractivity contribution in [1.29, 1.82) is 0 Å². The van der Waals surface area contributed by atoms with Gasteiger partial charge < -0.3 is 16.4 Å². The summed E-state index contributed by atoms with van der Waals surface area (Å²) in [6.45, 7) is 4.19. The molecule has 0 saturated carbocycles. The summed E-state index contributed by atoms with van der Waals surface area (Å²) in [5, 5.41) is 5.91. The highest BCUT2D eigenvalue weighted by atomic mass is 16.1. The largest absolute Gasteiger partial charge is 0.370 e. The molecule has 5 heteroatoms. The number of hydrogen-bond donors (Lipinski definition) is 3. The lowest BCUT2D eigenvalue weighted by molar-refractivity contribution is 0.0953. The predicted molar refractivity (Wildman–Crippen MR) is 82.8 cm³/mol. The summed E-state index contributed by atoms with van der Waals surface area (Å²) >= 11 is 0. The van der Waals surface area contributed by atoms with E-state index in [2.05, 4.69) is 22.5 Å². The minimum absolute atomic E-state index is 0.0522. The van der Waals surface area contributed by atoms with Gasteiger partial charge in [0.15, 0.2) is 5.96 Å². The molecule has 4 N–H and O–H groups in total. The van der Waals surface area contributed by atoms with Gasteiger partial charge in [-0.05, 0) is 25.0 Å². The molecule has 0 atom stereocenters. The van der Waals surface area contributed by atoms with E-state index >= 15 is 0 Å². The minimum Gasteiger partial charge on any atom is -0.370 e. The Bertz CT molecular complexity index is 417. The van der Waals surface area contributed by atoms with E-state index in [-0.39, 0.29) is 5.91 Å². The van der Waals surface area contributed by atoms with E-state index in [1.165, 1.54) is 0 Å². The van der Waals surface area contributed by atoms with E-state index in [0.717, 1.165) is 25.8 Å². The molecule has 0 unspecified atom stereocenters. The summed E-state index contributed by atoms with van der Waals surface area (Å²) in [4.78, 5) is 15.9. The van der Waals surface area contributed by atoms with Gasteiger partial charge in [0.25, 0.3) is 5.91 Å². The van der Waals surface area contributed by atoms with Gasteiger partial charge in [-0.15, -0.1) is 0 Å². The van der Waals surface area contributed by atoms with Crippen LogP contribution < -0.4 is 16.4 Å². The second-order valence-corrected chi connectivity index (χ2v) is 4.52. The first-order chi connectivity index (χ1) is 9.74. The Morgan fingerprint density at radius 3 is 2.55 bits per heavy atom. The van der Waals surface area contributed by atoms with E-state index in [0.29, 0.717) is 24.6 Å². The molecule has 5 nitrogen and oxygen atoms in total. The summed E-state index contributed by atoms with van der Waals surface area (Å²) < 4.78 is 0. The number of rotatable bonds is 8. The molecule has 1 aromatic carbocycles. The fraction of sp³-hybridized carbons (Fsp3) is 0.467. The number of nitrogens with two attached hydrogens (primary N) is 1. The average molecular weight is 276 g/mol. The first kappa shape index (κ1) is 16.0. The summed E-state index contributed by atoms with van der Waals surface area (Å²) in [7, 11) is 0. The third kappa shape index (κ3) is 6.78. The molecule has 1 amide bonds. The number of guanidine groups is 1. The highest BCUT2D eigenvalue weighted by molar-refractivity contribution is 5.94. The summed E-state index contributed by atoms with van der Waals surface area (Å²) in [5.74, 6) is 0.427. The zero-order valence-electron chi connectivity index (χ0n) is 12.1. The Hall–Kier alpha value is -2.04. The Morgan fingerprint density at radius 2 is 1.85 bits per heavy atom. The van der Waals surface area contributed by atoms with Crippen LogP contribution in [0.3, 0.4) is 0 Å². The molecule has 1 rings (SSSR count). The molecule has 0 heterocycles. The van der Waals surface area contributed by atoms with Gasteiger partial charge in [-0.3, -0.25) is 9.79 Å². The molecular formula is C15H24N4O. The summed E-state index contributed by atoms with van der Waals surface area (Å²) in [6, 6.07) is 9.18. The molecule has 0 aromatic heterocycles. The highest BCUT2D eigenvalue weighted by Crippen LogP contribution is 1.97. The number of unbranched alkanes of at least 4 members (excludes halogenated alkanes) is 1. The van der Waals surface area contributed by atoms with Gasteiger partial charge in [0.1, 0.15) is 0 Å². The minimum atomic E-state index is -0.0522. The first-order valence-electron chi connectivity index (χ1n) is 7.11. The Balaban J connectivity index is 2.13. The van der Waals surface area contributed by atoms with Crippen molar-refractivity contribution in [2.45, 2.75) is 26.2 Å². The molecule has 0 fully saturated rings.